The third kappa shape index (κ3) is 3.76. The van der Waals surface area contributed by atoms with Crippen molar-refractivity contribution in [3.05, 3.63) is 0 Å². The zero-order chi connectivity index (χ0) is 9.40. The van der Waals surface area contributed by atoms with Crippen molar-refractivity contribution < 1.29 is 0 Å². The van der Waals surface area contributed by atoms with Crippen LogP contribution in [0, 0.1) is 23.2 Å². The van der Waals surface area contributed by atoms with E-state index in [2.05, 4.69) is 26.8 Å². The first-order valence-electron chi connectivity index (χ1n) is 5.19. The van der Waals surface area contributed by atoms with Crippen LogP contribution in [0.15, 0.2) is 0 Å². The third-order valence-electron chi connectivity index (χ3n) is 2.63. The standard InChI is InChI=1S/C11H21N/c1-4-7-8-10(5-2)11(6-3)9-12/h10-11H,4-8H2,1-3H3. The molecule has 0 spiro atoms. The fraction of sp³-hybridized carbons (Fsp3) is 0.909. The average molecular weight is 167 g/mol. The van der Waals surface area contributed by atoms with Gasteiger partial charge in [-0.15, -0.1) is 0 Å². The first-order valence-corrected chi connectivity index (χ1v) is 5.19. The molecule has 0 saturated carbocycles. The van der Waals surface area contributed by atoms with E-state index in [-0.39, 0.29) is 0 Å². The highest BCUT2D eigenvalue weighted by Gasteiger charge is 2.16. The average Bonchev–Trinajstić information content (AvgIpc) is 2.12. The predicted octanol–water partition coefficient (Wildman–Crippen LogP) is 3.75. The molecule has 1 nitrogen and oxygen atoms in total. The summed E-state index contributed by atoms with van der Waals surface area (Å²) in [5.74, 6) is 0.932. The minimum Gasteiger partial charge on any atom is -0.198 e. The number of unbranched alkanes of at least 4 members (excludes halogenated alkanes) is 1. The Hall–Kier alpha value is -0.510. The molecule has 70 valence electrons. The van der Waals surface area contributed by atoms with Gasteiger partial charge in [0.2, 0.25) is 0 Å². The van der Waals surface area contributed by atoms with Crippen LogP contribution in [0.1, 0.15) is 52.9 Å². The highest BCUT2D eigenvalue weighted by Crippen LogP contribution is 2.23. The molecule has 0 aliphatic carbocycles. The molecule has 0 amide bonds. The molecule has 2 unspecified atom stereocenters. The number of hydrogen-bond acceptors (Lipinski definition) is 1. The molecule has 0 aromatic carbocycles. The van der Waals surface area contributed by atoms with Crippen LogP contribution in [0.5, 0.6) is 0 Å². The van der Waals surface area contributed by atoms with Crippen molar-refractivity contribution in [2.24, 2.45) is 11.8 Å². The van der Waals surface area contributed by atoms with Gasteiger partial charge in [-0.25, -0.2) is 0 Å². The van der Waals surface area contributed by atoms with Crippen molar-refractivity contribution >= 4 is 0 Å². The molecule has 0 bridgehead atoms. The molecule has 2 atom stereocenters. The number of rotatable bonds is 6. The van der Waals surface area contributed by atoms with Gasteiger partial charge in [-0.2, -0.15) is 5.26 Å². The Labute approximate surface area is 76.8 Å². The van der Waals surface area contributed by atoms with Crippen LogP contribution in [-0.2, 0) is 0 Å². The van der Waals surface area contributed by atoms with Gasteiger partial charge in [0.05, 0.1) is 6.07 Å². The van der Waals surface area contributed by atoms with Crippen LogP contribution in [0.3, 0.4) is 0 Å². The normalized spacial score (nSPS) is 15.2. The molecule has 12 heavy (non-hydrogen) atoms. The van der Waals surface area contributed by atoms with E-state index in [9.17, 15) is 0 Å². The van der Waals surface area contributed by atoms with E-state index in [1.165, 1.54) is 19.3 Å². The lowest BCUT2D eigenvalue weighted by molar-refractivity contribution is 0.347. The maximum Gasteiger partial charge on any atom is 0.0658 e. The van der Waals surface area contributed by atoms with E-state index in [0.717, 1.165) is 12.8 Å². The molecule has 0 aliphatic rings. The maximum absolute atomic E-state index is 8.88. The van der Waals surface area contributed by atoms with E-state index >= 15 is 0 Å². The Morgan fingerprint density at radius 3 is 2.17 bits per heavy atom. The summed E-state index contributed by atoms with van der Waals surface area (Å²) >= 11 is 0. The Kier molecular flexibility index (Phi) is 6.85. The Morgan fingerprint density at radius 2 is 1.83 bits per heavy atom. The summed E-state index contributed by atoms with van der Waals surface area (Å²) < 4.78 is 0. The Bertz CT molecular complexity index is 134. The zero-order valence-electron chi connectivity index (χ0n) is 8.64. The molecule has 0 heterocycles. The Morgan fingerprint density at radius 1 is 1.17 bits per heavy atom. The van der Waals surface area contributed by atoms with Gasteiger partial charge in [-0.05, 0) is 18.8 Å². The lowest BCUT2D eigenvalue weighted by Gasteiger charge is -2.18. The summed E-state index contributed by atoms with van der Waals surface area (Å²) in [4.78, 5) is 0. The molecular weight excluding hydrogens is 146 g/mol. The van der Waals surface area contributed by atoms with E-state index in [0.29, 0.717) is 11.8 Å². The summed E-state index contributed by atoms with van der Waals surface area (Å²) in [5.41, 5.74) is 0. The quantitative estimate of drug-likeness (QED) is 0.591. The summed E-state index contributed by atoms with van der Waals surface area (Å²) in [6, 6.07) is 2.41. The lowest BCUT2D eigenvalue weighted by Crippen LogP contribution is -2.11. The second-order valence-corrected chi connectivity index (χ2v) is 3.45. The largest absolute Gasteiger partial charge is 0.198 e. The topological polar surface area (TPSA) is 23.8 Å². The van der Waals surface area contributed by atoms with Crippen LogP contribution < -0.4 is 0 Å². The van der Waals surface area contributed by atoms with E-state index < -0.39 is 0 Å². The summed E-state index contributed by atoms with van der Waals surface area (Å²) in [5, 5.41) is 8.88. The number of hydrogen-bond donors (Lipinski definition) is 0. The maximum atomic E-state index is 8.88. The molecular formula is C11H21N. The van der Waals surface area contributed by atoms with Crippen molar-refractivity contribution in [3.63, 3.8) is 0 Å². The Balaban J connectivity index is 3.86. The van der Waals surface area contributed by atoms with Crippen molar-refractivity contribution in [3.8, 4) is 6.07 Å². The molecule has 0 aromatic heterocycles. The molecule has 0 aromatic rings. The predicted molar refractivity (Wildman–Crippen MR) is 52.7 cm³/mol. The lowest BCUT2D eigenvalue weighted by atomic mass is 9.85. The van der Waals surface area contributed by atoms with Crippen LogP contribution in [-0.4, -0.2) is 0 Å². The molecule has 0 N–H and O–H groups in total. The van der Waals surface area contributed by atoms with E-state index in [1.54, 1.807) is 0 Å². The minimum absolute atomic E-state index is 0.293. The first kappa shape index (κ1) is 11.5. The summed E-state index contributed by atoms with van der Waals surface area (Å²) in [6.07, 6.45) is 5.93. The van der Waals surface area contributed by atoms with Crippen LogP contribution in [0.25, 0.3) is 0 Å². The van der Waals surface area contributed by atoms with Crippen LogP contribution >= 0.6 is 0 Å². The minimum atomic E-state index is 0.293. The van der Waals surface area contributed by atoms with Gasteiger partial charge < -0.3 is 0 Å². The highest BCUT2D eigenvalue weighted by molar-refractivity contribution is 4.86. The fourth-order valence-electron chi connectivity index (χ4n) is 1.69. The van der Waals surface area contributed by atoms with Crippen LogP contribution in [0.4, 0.5) is 0 Å². The van der Waals surface area contributed by atoms with Crippen molar-refractivity contribution in [1.29, 1.82) is 5.26 Å². The van der Waals surface area contributed by atoms with Gasteiger partial charge in [0, 0.05) is 5.92 Å². The molecule has 0 fully saturated rings. The number of nitrogens with zero attached hydrogens (tertiary/aromatic N) is 1. The van der Waals surface area contributed by atoms with Gasteiger partial charge in [0.25, 0.3) is 0 Å². The van der Waals surface area contributed by atoms with Crippen molar-refractivity contribution in [2.75, 3.05) is 0 Å². The SMILES string of the molecule is CCCCC(CC)C(C#N)CC. The van der Waals surface area contributed by atoms with Crippen LogP contribution in [0.2, 0.25) is 0 Å². The summed E-state index contributed by atoms with van der Waals surface area (Å²) in [7, 11) is 0. The molecule has 0 aliphatic heterocycles. The van der Waals surface area contributed by atoms with Gasteiger partial charge in [-0.1, -0.05) is 40.0 Å². The third-order valence-corrected chi connectivity index (χ3v) is 2.63. The molecule has 0 rings (SSSR count). The van der Waals surface area contributed by atoms with Gasteiger partial charge >= 0.3 is 0 Å². The number of nitriles is 1. The van der Waals surface area contributed by atoms with Gasteiger partial charge in [0.1, 0.15) is 0 Å². The van der Waals surface area contributed by atoms with Gasteiger partial charge in [-0.3, -0.25) is 0 Å². The molecule has 1 heteroatoms. The smallest absolute Gasteiger partial charge is 0.0658 e. The van der Waals surface area contributed by atoms with Crippen molar-refractivity contribution in [2.45, 2.75) is 52.9 Å². The first-order chi connectivity index (χ1) is 5.79. The second kappa shape index (κ2) is 7.16. The van der Waals surface area contributed by atoms with E-state index in [4.69, 9.17) is 5.26 Å². The zero-order valence-corrected chi connectivity index (χ0v) is 8.64. The summed E-state index contributed by atoms with van der Waals surface area (Å²) in [6.45, 7) is 6.52. The molecule has 0 radical (unpaired) electrons. The highest BCUT2D eigenvalue weighted by atomic mass is 14.3. The van der Waals surface area contributed by atoms with Gasteiger partial charge in [0.15, 0.2) is 0 Å². The van der Waals surface area contributed by atoms with E-state index in [1.807, 2.05) is 0 Å². The van der Waals surface area contributed by atoms with Crippen molar-refractivity contribution in [1.82, 2.24) is 0 Å². The monoisotopic (exact) mass is 167 g/mol. The fourth-order valence-corrected chi connectivity index (χ4v) is 1.69. The second-order valence-electron chi connectivity index (χ2n) is 3.45. The molecule has 0 saturated heterocycles.